The van der Waals surface area contributed by atoms with Gasteiger partial charge in [-0.1, -0.05) is 6.07 Å². The van der Waals surface area contributed by atoms with Crippen LogP contribution in [0.2, 0.25) is 0 Å². The smallest absolute Gasteiger partial charge is 0.399 e. The molecule has 1 saturated heterocycles. The second-order valence-electron chi connectivity index (χ2n) is 7.90. The number of nitrogens with zero attached hydrogens (tertiary/aromatic N) is 1. The maximum absolute atomic E-state index is 13.8. The number of benzene rings is 1. The van der Waals surface area contributed by atoms with E-state index < -0.39 is 18.3 Å². The summed E-state index contributed by atoms with van der Waals surface area (Å²) in [5.74, 6) is -0.0551. The van der Waals surface area contributed by atoms with Crippen LogP contribution in [0, 0.1) is 11.7 Å². The van der Waals surface area contributed by atoms with Crippen molar-refractivity contribution in [3.8, 4) is 0 Å². The molecule has 1 aromatic rings. The normalized spacial score (nSPS) is 21.8. The van der Waals surface area contributed by atoms with Crippen LogP contribution in [-0.4, -0.2) is 36.2 Å². The molecule has 2 aliphatic rings. The Morgan fingerprint density at radius 2 is 1.83 bits per heavy atom. The molecule has 4 nitrogen and oxygen atoms in total. The minimum Gasteiger partial charge on any atom is -0.399 e. The van der Waals surface area contributed by atoms with Gasteiger partial charge in [-0.3, -0.25) is 4.79 Å². The molecule has 2 fully saturated rings. The first-order valence-electron chi connectivity index (χ1n) is 8.50. The van der Waals surface area contributed by atoms with Crippen LogP contribution in [0.3, 0.4) is 0 Å². The molecule has 0 N–H and O–H groups in total. The molecular formula is C18H25BFNO3. The maximum atomic E-state index is 13.8. The Bertz CT molecular complexity index is 642. The predicted octanol–water partition coefficient (Wildman–Crippen LogP) is 2.49. The fraction of sp³-hybridized carbons (Fsp3) is 0.611. The van der Waals surface area contributed by atoms with Crippen LogP contribution in [0.1, 0.15) is 46.1 Å². The summed E-state index contributed by atoms with van der Waals surface area (Å²) in [6, 6.07) is 4.58. The van der Waals surface area contributed by atoms with Crippen LogP contribution >= 0.6 is 0 Å². The van der Waals surface area contributed by atoms with Crippen LogP contribution in [0.4, 0.5) is 4.39 Å². The van der Waals surface area contributed by atoms with Crippen LogP contribution < -0.4 is 5.46 Å². The SMILES string of the molecule is CN(Cc1cc(F)ccc1B1OC(C)(C)C(C)(C)O1)C(=O)C1CC1. The van der Waals surface area contributed by atoms with Gasteiger partial charge in [0.25, 0.3) is 0 Å². The molecule has 130 valence electrons. The highest BCUT2D eigenvalue weighted by molar-refractivity contribution is 6.62. The van der Waals surface area contributed by atoms with Crippen molar-refractivity contribution >= 4 is 18.5 Å². The molecule has 0 aromatic heterocycles. The molecule has 1 heterocycles. The topological polar surface area (TPSA) is 38.8 Å². The lowest BCUT2D eigenvalue weighted by Gasteiger charge is -2.32. The second kappa shape index (κ2) is 5.85. The third-order valence-electron chi connectivity index (χ3n) is 5.32. The molecule has 0 unspecified atom stereocenters. The van der Waals surface area contributed by atoms with Crippen molar-refractivity contribution in [2.75, 3.05) is 7.05 Å². The van der Waals surface area contributed by atoms with Crippen molar-refractivity contribution in [2.45, 2.75) is 58.3 Å². The van der Waals surface area contributed by atoms with E-state index in [0.29, 0.717) is 6.54 Å². The van der Waals surface area contributed by atoms with E-state index in [9.17, 15) is 9.18 Å². The molecule has 1 saturated carbocycles. The van der Waals surface area contributed by atoms with E-state index >= 15 is 0 Å². The van der Waals surface area contributed by atoms with E-state index in [-0.39, 0.29) is 17.6 Å². The first-order chi connectivity index (χ1) is 11.1. The average Bonchev–Trinajstić information content (AvgIpc) is 3.26. The van der Waals surface area contributed by atoms with Crippen LogP contribution in [0.25, 0.3) is 0 Å². The molecule has 6 heteroatoms. The molecule has 1 aliphatic heterocycles. The number of rotatable bonds is 4. The molecule has 0 radical (unpaired) electrons. The fourth-order valence-corrected chi connectivity index (χ4v) is 2.89. The van der Waals surface area contributed by atoms with E-state index in [2.05, 4.69) is 0 Å². The summed E-state index contributed by atoms with van der Waals surface area (Å²) in [5, 5.41) is 0. The fourth-order valence-electron chi connectivity index (χ4n) is 2.89. The van der Waals surface area contributed by atoms with Gasteiger partial charge in [0.2, 0.25) is 5.91 Å². The summed E-state index contributed by atoms with van der Waals surface area (Å²) in [7, 11) is 1.20. The summed E-state index contributed by atoms with van der Waals surface area (Å²) in [5.41, 5.74) is 0.591. The molecule has 0 bridgehead atoms. The van der Waals surface area contributed by atoms with E-state index in [1.807, 2.05) is 27.7 Å². The molecular weight excluding hydrogens is 308 g/mol. The Kier molecular flexibility index (Phi) is 4.25. The van der Waals surface area contributed by atoms with Crippen molar-refractivity contribution < 1.29 is 18.5 Å². The van der Waals surface area contributed by atoms with E-state index in [1.54, 1.807) is 18.0 Å². The lowest BCUT2D eigenvalue weighted by molar-refractivity contribution is -0.131. The van der Waals surface area contributed by atoms with Gasteiger partial charge < -0.3 is 14.2 Å². The quantitative estimate of drug-likeness (QED) is 0.795. The third-order valence-corrected chi connectivity index (χ3v) is 5.32. The zero-order valence-electron chi connectivity index (χ0n) is 15.1. The number of halogens is 1. The van der Waals surface area contributed by atoms with Crippen molar-refractivity contribution in [1.82, 2.24) is 4.90 Å². The van der Waals surface area contributed by atoms with E-state index in [1.165, 1.54) is 12.1 Å². The predicted molar refractivity (Wildman–Crippen MR) is 91.3 cm³/mol. The molecule has 24 heavy (non-hydrogen) atoms. The molecule has 1 aliphatic carbocycles. The van der Waals surface area contributed by atoms with Gasteiger partial charge in [0.1, 0.15) is 5.82 Å². The average molecular weight is 333 g/mol. The van der Waals surface area contributed by atoms with Crippen LogP contribution in [-0.2, 0) is 20.6 Å². The zero-order chi connectivity index (χ0) is 17.7. The lowest BCUT2D eigenvalue weighted by atomic mass is 9.75. The Labute approximate surface area is 143 Å². The lowest BCUT2D eigenvalue weighted by Crippen LogP contribution is -2.41. The van der Waals surface area contributed by atoms with Gasteiger partial charge in [0.05, 0.1) is 11.2 Å². The Hall–Kier alpha value is -1.40. The monoisotopic (exact) mass is 333 g/mol. The zero-order valence-corrected chi connectivity index (χ0v) is 15.1. The standard InChI is InChI=1S/C18H25BFNO3/c1-17(2)18(3,4)24-19(23-17)15-9-8-14(20)10-13(15)11-21(5)16(22)12-6-7-12/h8-10,12H,6-7,11H2,1-5H3. The highest BCUT2D eigenvalue weighted by Gasteiger charge is 2.52. The summed E-state index contributed by atoms with van der Waals surface area (Å²) in [6.07, 6.45) is 1.91. The van der Waals surface area contributed by atoms with Crippen LogP contribution in [0.5, 0.6) is 0 Å². The first kappa shape index (κ1) is 17.4. The van der Waals surface area contributed by atoms with Gasteiger partial charge in [-0.05, 0) is 63.7 Å². The Morgan fingerprint density at radius 3 is 2.38 bits per heavy atom. The minimum absolute atomic E-state index is 0.124. The van der Waals surface area contributed by atoms with Gasteiger partial charge in [-0.15, -0.1) is 0 Å². The molecule has 0 atom stereocenters. The molecule has 1 aromatic carbocycles. The van der Waals surface area contributed by atoms with Gasteiger partial charge in [-0.2, -0.15) is 0 Å². The minimum atomic E-state index is -0.560. The maximum Gasteiger partial charge on any atom is 0.495 e. The van der Waals surface area contributed by atoms with E-state index in [4.69, 9.17) is 9.31 Å². The highest BCUT2D eigenvalue weighted by Crippen LogP contribution is 2.37. The second-order valence-corrected chi connectivity index (χ2v) is 7.90. The highest BCUT2D eigenvalue weighted by atomic mass is 19.1. The molecule has 1 amide bonds. The summed E-state index contributed by atoms with van der Waals surface area (Å²) in [6.45, 7) is 8.29. The van der Waals surface area contributed by atoms with Crippen LogP contribution in [0.15, 0.2) is 18.2 Å². The largest absolute Gasteiger partial charge is 0.495 e. The van der Waals surface area contributed by atoms with Crippen molar-refractivity contribution in [3.63, 3.8) is 0 Å². The van der Waals surface area contributed by atoms with Crippen molar-refractivity contribution in [1.29, 1.82) is 0 Å². The summed E-state index contributed by atoms with van der Waals surface area (Å²) < 4.78 is 25.9. The van der Waals surface area contributed by atoms with Gasteiger partial charge in [0, 0.05) is 19.5 Å². The number of carbonyl (C=O) groups excluding carboxylic acids is 1. The number of amides is 1. The molecule has 0 spiro atoms. The summed E-state index contributed by atoms with van der Waals surface area (Å²) >= 11 is 0. The van der Waals surface area contributed by atoms with E-state index in [0.717, 1.165) is 23.9 Å². The molecule has 3 rings (SSSR count). The third kappa shape index (κ3) is 3.22. The van der Waals surface area contributed by atoms with Crippen molar-refractivity contribution in [3.05, 3.63) is 29.6 Å². The Morgan fingerprint density at radius 1 is 1.25 bits per heavy atom. The summed E-state index contributed by atoms with van der Waals surface area (Å²) in [4.78, 5) is 13.9. The number of carbonyl (C=O) groups is 1. The van der Waals surface area contributed by atoms with Gasteiger partial charge >= 0.3 is 7.12 Å². The first-order valence-corrected chi connectivity index (χ1v) is 8.50. The number of hydrogen-bond donors (Lipinski definition) is 0. The Balaban J connectivity index is 1.85. The van der Waals surface area contributed by atoms with Gasteiger partial charge in [0.15, 0.2) is 0 Å². The number of hydrogen-bond acceptors (Lipinski definition) is 3. The van der Waals surface area contributed by atoms with Crippen molar-refractivity contribution in [2.24, 2.45) is 5.92 Å². The van der Waals surface area contributed by atoms with Gasteiger partial charge in [-0.25, -0.2) is 4.39 Å².